The molecule has 0 radical (unpaired) electrons. The van der Waals surface area contributed by atoms with E-state index in [1.54, 1.807) is 12.4 Å². The van der Waals surface area contributed by atoms with Gasteiger partial charge in [0.25, 0.3) is 5.91 Å². The Bertz CT molecular complexity index is 1330. The third kappa shape index (κ3) is 5.14. The minimum Gasteiger partial charge on any atom is -0.349 e. The third-order valence-corrected chi connectivity index (χ3v) is 7.34. The predicted octanol–water partition coefficient (Wildman–Crippen LogP) is 5.20. The van der Waals surface area contributed by atoms with Gasteiger partial charge in [0.1, 0.15) is 6.33 Å². The number of carbonyl (C=O) groups is 2. The van der Waals surface area contributed by atoms with Crippen molar-refractivity contribution in [2.75, 3.05) is 13.1 Å². The molecule has 3 aromatic carbocycles. The summed E-state index contributed by atoms with van der Waals surface area (Å²) in [4.78, 5) is 37.1. The first-order valence-corrected chi connectivity index (χ1v) is 12.6. The monoisotopic (exact) mass is 490 g/mol. The van der Waals surface area contributed by atoms with E-state index in [1.165, 1.54) is 6.33 Å². The van der Waals surface area contributed by atoms with Crippen molar-refractivity contribution in [1.82, 2.24) is 20.2 Å². The van der Waals surface area contributed by atoms with Crippen molar-refractivity contribution in [1.29, 1.82) is 0 Å². The van der Waals surface area contributed by atoms with E-state index in [1.807, 2.05) is 96.8 Å². The molecule has 0 saturated carbocycles. The van der Waals surface area contributed by atoms with E-state index in [0.717, 1.165) is 22.3 Å². The Morgan fingerprint density at radius 1 is 0.811 bits per heavy atom. The lowest BCUT2D eigenvalue weighted by Crippen LogP contribution is -2.53. The molecule has 4 aromatic rings. The number of hydrogen-bond donors (Lipinski definition) is 1. The number of likely N-dealkylation sites (tertiary alicyclic amines) is 1. The molecule has 1 saturated heterocycles. The van der Waals surface area contributed by atoms with Crippen LogP contribution in [0.5, 0.6) is 0 Å². The summed E-state index contributed by atoms with van der Waals surface area (Å²) in [5.74, 6) is -0.00725. The number of carbonyl (C=O) groups excluding carboxylic acids is 2. The highest BCUT2D eigenvalue weighted by atomic mass is 16.2. The smallest absolute Gasteiger partial charge is 0.253 e. The van der Waals surface area contributed by atoms with E-state index >= 15 is 0 Å². The summed E-state index contributed by atoms with van der Waals surface area (Å²) in [5, 5.41) is 3.25. The predicted molar refractivity (Wildman–Crippen MR) is 144 cm³/mol. The van der Waals surface area contributed by atoms with E-state index in [4.69, 9.17) is 0 Å². The summed E-state index contributed by atoms with van der Waals surface area (Å²) in [6.07, 6.45) is 6.13. The molecule has 5 rings (SSSR count). The molecule has 1 aliphatic heterocycles. The number of nitrogens with zero attached hydrogens (tertiary/aromatic N) is 3. The largest absolute Gasteiger partial charge is 0.349 e. The van der Waals surface area contributed by atoms with Gasteiger partial charge in [-0.05, 0) is 48.6 Å². The number of piperidine rings is 1. The van der Waals surface area contributed by atoms with Crippen molar-refractivity contribution in [2.24, 2.45) is 0 Å². The molecule has 2 amide bonds. The number of hydrogen-bond acceptors (Lipinski definition) is 4. The van der Waals surface area contributed by atoms with Gasteiger partial charge in [0.2, 0.25) is 5.91 Å². The van der Waals surface area contributed by atoms with Gasteiger partial charge < -0.3 is 10.2 Å². The number of aromatic nitrogens is 2. The second-order valence-corrected chi connectivity index (χ2v) is 9.55. The second kappa shape index (κ2) is 10.7. The van der Waals surface area contributed by atoms with Gasteiger partial charge >= 0.3 is 0 Å². The first-order valence-electron chi connectivity index (χ1n) is 12.6. The average Bonchev–Trinajstić information content (AvgIpc) is 2.98. The van der Waals surface area contributed by atoms with Crippen LogP contribution in [0.1, 0.15) is 47.3 Å². The normalized spacial score (nSPS) is 15.5. The molecule has 1 fully saturated rings. The molecular formula is C31H30N4O2. The van der Waals surface area contributed by atoms with Crippen LogP contribution in [0.2, 0.25) is 0 Å². The molecule has 0 bridgehead atoms. The van der Waals surface area contributed by atoms with Crippen LogP contribution in [0.3, 0.4) is 0 Å². The fourth-order valence-electron chi connectivity index (χ4n) is 5.09. The molecule has 186 valence electrons. The molecule has 2 heterocycles. The van der Waals surface area contributed by atoms with Crippen LogP contribution >= 0.6 is 0 Å². The molecule has 1 N–H and O–H groups in total. The zero-order chi connectivity index (χ0) is 25.7. The van der Waals surface area contributed by atoms with Gasteiger partial charge in [-0.2, -0.15) is 0 Å². The zero-order valence-electron chi connectivity index (χ0n) is 20.9. The minimum atomic E-state index is -0.682. The fourth-order valence-corrected chi connectivity index (χ4v) is 5.09. The topological polar surface area (TPSA) is 75.2 Å². The van der Waals surface area contributed by atoms with E-state index in [0.29, 0.717) is 31.5 Å². The molecular weight excluding hydrogens is 460 g/mol. The van der Waals surface area contributed by atoms with Crippen molar-refractivity contribution in [3.63, 3.8) is 0 Å². The van der Waals surface area contributed by atoms with E-state index < -0.39 is 5.41 Å². The van der Waals surface area contributed by atoms with E-state index in [9.17, 15) is 9.59 Å². The third-order valence-electron chi connectivity index (χ3n) is 7.34. The number of benzene rings is 3. The van der Waals surface area contributed by atoms with Gasteiger partial charge in [-0.25, -0.2) is 9.97 Å². The Hall–Kier alpha value is -4.32. The number of nitrogens with one attached hydrogen (secondary N) is 1. The summed E-state index contributed by atoms with van der Waals surface area (Å²) in [6, 6.07) is 27.4. The minimum absolute atomic E-state index is 0.0107. The maximum Gasteiger partial charge on any atom is 0.253 e. The van der Waals surface area contributed by atoms with Crippen LogP contribution in [-0.4, -0.2) is 39.8 Å². The van der Waals surface area contributed by atoms with Crippen molar-refractivity contribution >= 4 is 11.8 Å². The van der Waals surface area contributed by atoms with Gasteiger partial charge in [0, 0.05) is 36.6 Å². The van der Waals surface area contributed by atoms with Crippen LogP contribution in [0.4, 0.5) is 0 Å². The number of amides is 2. The molecule has 37 heavy (non-hydrogen) atoms. The Morgan fingerprint density at radius 2 is 1.41 bits per heavy atom. The maximum absolute atomic E-state index is 13.8. The Labute approximate surface area is 217 Å². The SMILES string of the molecule is CC(NC(=O)C1(c2ccccc2)CCN(C(=O)c2ccc(-c3cncnc3)cc2)CC1)c1ccccc1. The molecule has 0 aliphatic carbocycles. The van der Waals surface area contributed by atoms with Crippen LogP contribution in [0, 0.1) is 0 Å². The van der Waals surface area contributed by atoms with Crippen molar-refractivity contribution in [3.05, 3.63) is 120 Å². The van der Waals surface area contributed by atoms with Gasteiger partial charge in [0.05, 0.1) is 11.5 Å². The summed E-state index contributed by atoms with van der Waals surface area (Å²) < 4.78 is 0. The lowest BCUT2D eigenvalue weighted by atomic mass is 9.71. The highest BCUT2D eigenvalue weighted by Crippen LogP contribution is 2.37. The molecule has 6 nitrogen and oxygen atoms in total. The summed E-state index contributed by atoms with van der Waals surface area (Å²) >= 11 is 0. The standard InChI is InChI=1S/C31H30N4O2/c1-23(24-8-4-2-5-9-24)34-30(37)31(28-10-6-3-7-11-28)16-18-35(19-17-31)29(36)26-14-12-25(13-15-26)27-20-32-22-33-21-27/h2-15,20-23H,16-19H2,1H3,(H,34,37). The van der Waals surface area contributed by atoms with Crippen LogP contribution in [-0.2, 0) is 10.2 Å². The molecule has 1 aromatic heterocycles. The van der Waals surface area contributed by atoms with Gasteiger partial charge in [-0.15, -0.1) is 0 Å². The average molecular weight is 491 g/mol. The molecule has 1 atom stereocenters. The van der Waals surface area contributed by atoms with Crippen molar-refractivity contribution < 1.29 is 9.59 Å². The van der Waals surface area contributed by atoms with Crippen molar-refractivity contribution in [2.45, 2.75) is 31.2 Å². The quantitative estimate of drug-likeness (QED) is 0.403. The lowest BCUT2D eigenvalue weighted by molar-refractivity contribution is -0.129. The highest BCUT2D eigenvalue weighted by Gasteiger charge is 2.44. The maximum atomic E-state index is 13.8. The summed E-state index contributed by atoms with van der Waals surface area (Å²) in [7, 11) is 0. The van der Waals surface area contributed by atoms with Crippen molar-refractivity contribution in [3.8, 4) is 11.1 Å². The summed E-state index contributed by atoms with van der Waals surface area (Å²) in [5.41, 5.74) is 3.88. The Kier molecular flexibility index (Phi) is 7.08. The first kappa shape index (κ1) is 24.4. The fraction of sp³-hybridized carbons (Fsp3) is 0.226. The summed E-state index contributed by atoms with van der Waals surface area (Å²) in [6.45, 7) is 3.03. The van der Waals surface area contributed by atoms with Crippen LogP contribution in [0.25, 0.3) is 11.1 Å². The van der Waals surface area contributed by atoms with Crippen LogP contribution in [0.15, 0.2) is 104 Å². The molecule has 6 heteroatoms. The highest BCUT2D eigenvalue weighted by molar-refractivity contribution is 5.95. The van der Waals surface area contributed by atoms with Gasteiger partial charge in [-0.3, -0.25) is 9.59 Å². The second-order valence-electron chi connectivity index (χ2n) is 9.55. The first-order chi connectivity index (χ1) is 18.1. The molecule has 1 unspecified atom stereocenters. The van der Waals surface area contributed by atoms with Gasteiger partial charge in [-0.1, -0.05) is 72.8 Å². The van der Waals surface area contributed by atoms with Crippen LogP contribution < -0.4 is 5.32 Å². The number of rotatable bonds is 6. The molecule has 0 spiro atoms. The Balaban J connectivity index is 1.32. The molecule has 1 aliphatic rings. The van der Waals surface area contributed by atoms with E-state index in [-0.39, 0.29) is 17.9 Å². The van der Waals surface area contributed by atoms with E-state index in [2.05, 4.69) is 15.3 Å². The Morgan fingerprint density at radius 3 is 2.03 bits per heavy atom. The lowest BCUT2D eigenvalue weighted by Gasteiger charge is -2.41. The zero-order valence-corrected chi connectivity index (χ0v) is 20.9. The van der Waals surface area contributed by atoms with Gasteiger partial charge in [0.15, 0.2) is 0 Å².